The number of benzene rings is 3. The van der Waals surface area contributed by atoms with E-state index in [4.69, 9.17) is 9.97 Å². The van der Waals surface area contributed by atoms with Gasteiger partial charge in [0.05, 0.1) is 22.1 Å². The smallest absolute Gasteiger partial charge is 0.0803 e. The predicted octanol–water partition coefficient (Wildman–Crippen LogP) is 5.71. The molecule has 24 heavy (non-hydrogen) atoms. The quantitative estimate of drug-likeness (QED) is 0.270. The first-order valence-electron chi connectivity index (χ1n) is 8.19. The molecule has 0 radical (unpaired) electrons. The first kappa shape index (κ1) is 13.4. The summed E-state index contributed by atoms with van der Waals surface area (Å²) in [7, 11) is 0. The maximum atomic E-state index is 4.94. The molecule has 2 nitrogen and oxygen atoms in total. The van der Waals surface area contributed by atoms with Crippen LogP contribution in [0.4, 0.5) is 0 Å². The molecule has 0 aliphatic heterocycles. The lowest BCUT2D eigenvalue weighted by molar-refractivity contribution is 1.44. The van der Waals surface area contributed by atoms with Gasteiger partial charge in [0.2, 0.25) is 0 Å². The maximum absolute atomic E-state index is 4.94. The van der Waals surface area contributed by atoms with Crippen LogP contribution < -0.4 is 0 Å². The zero-order chi connectivity index (χ0) is 16.3. The van der Waals surface area contributed by atoms with Gasteiger partial charge in [-0.05, 0) is 56.3 Å². The zero-order valence-corrected chi connectivity index (χ0v) is 13.7. The van der Waals surface area contributed by atoms with Crippen molar-refractivity contribution >= 4 is 43.6 Å². The van der Waals surface area contributed by atoms with Crippen LogP contribution >= 0.6 is 0 Å². The van der Waals surface area contributed by atoms with E-state index in [0.29, 0.717) is 0 Å². The van der Waals surface area contributed by atoms with Crippen LogP contribution in [0.15, 0.2) is 60.7 Å². The Morgan fingerprint density at radius 3 is 1.92 bits per heavy atom. The molecule has 0 amide bonds. The van der Waals surface area contributed by atoms with Crippen LogP contribution in [-0.4, -0.2) is 9.97 Å². The summed E-state index contributed by atoms with van der Waals surface area (Å²) in [5.74, 6) is 0. The lowest BCUT2D eigenvalue weighted by Crippen LogP contribution is -1.88. The van der Waals surface area contributed by atoms with E-state index in [-0.39, 0.29) is 0 Å². The Morgan fingerprint density at radius 2 is 1.17 bits per heavy atom. The summed E-state index contributed by atoms with van der Waals surface area (Å²) in [6, 6.07) is 21.5. The van der Waals surface area contributed by atoms with Gasteiger partial charge < -0.3 is 0 Å². The standard InChI is InChI=1S/C22H16N2/c1-13-4-7-20-16(9-13)11-15-5-8-21-18(22(15)24-20)12-17-10-14(2)3-6-19(17)23-21/h3-12H,1-2H3. The Hall–Kier alpha value is -3.00. The van der Waals surface area contributed by atoms with E-state index in [2.05, 4.69) is 74.5 Å². The van der Waals surface area contributed by atoms with Crippen LogP contribution in [0.25, 0.3) is 43.6 Å². The molecule has 5 aromatic rings. The van der Waals surface area contributed by atoms with Crippen molar-refractivity contribution in [3.05, 3.63) is 71.8 Å². The van der Waals surface area contributed by atoms with Crippen LogP contribution in [0.5, 0.6) is 0 Å². The molecule has 2 heteroatoms. The fourth-order valence-electron chi connectivity index (χ4n) is 3.45. The van der Waals surface area contributed by atoms with E-state index in [1.54, 1.807) is 0 Å². The third-order valence-electron chi connectivity index (χ3n) is 4.68. The van der Waals surface area contributed by atoms with Gasteiger partial charge in [0.15, 0.2) is 0 Å². The van der Waals surface area contributed by atoms with Crippen molar-refractivity contribution in [2.75, 3.05) is 0 Å². The van der Waals surface area contributed by atoms with E-state index in [1.165, 1.54) is 21.9 Å². The van der Waals surface area contributed by atoms with Crippen molar-refractivity contribution in [1.82, 2.24) is 9.97 Å². The third kappa shape index (κ3) is 1.96. The van der Waals surface area contributed by atoms with E-state index in [9.17, 15) is 0 Å². The van der Waals surface area contributed by atoms with E-state index < -0.39 is 0 Å². The summed E-state index contributed by atoms with van der Waals surface area (Å²) in [5, 5.41) is 4.63. The molecular weight excluding hydrogens is 292 g/mol. The summed E-state index contributed by atoms with van der Waals surface area (Å²) in [6.07, 6.45) is 0. The number of fused-ring (bicyclic) bond motifs is 5. The molecule has 2 heterocycles. The Morgan fingerprint density at radius 1 is 0.542 bits per heavy atom. The molecule has 0 spiro atoms. The van der Waals surface area contributed by atoms with Crippen molar-refractivity contribution in [1.29, 1.82) is 0 Å². The molecule has 0 atom stereocenters. The van der Waals surface area contributed by atoms with Crippen LogP contribution in [0.2, 0.25) is 0 Å². The maximum Gasteiger partial charge on any atom is 0.0803 e. The number of rotatable bonds is 0. The van der Waals surface area contributed by atoms with Crippen molar-refractivity contribution in [3.8, 4) is 0 Å². The molecule has 0 fully saturated rings. The van der Waals surface area contributed by atoms with Crippen LogP contribution in [0.3, 0.4) is 0 Å². The van der Waals surface area contributed by atoms with Gasteiger partial charge in [-0.3, -0.25) is 0 Å². The molecular formula is C22H16N2. The fourth-order valence-corrected chi connectivity index (χ4v) is 3.45. The minimum absolute atomic E-state index is 0.998. The molecule has 2 aromatic heterocycles. The summed E-state index contributed by atoms with van der Waals surface area (Å²) < 4.78 is 0. The van der Waals surface area contributed by atoms with Gasteiger partial charge in [0.25, 0.3) is 0 Å². The number of nitrogens with zero attached hydrogens (tertiary/aromatic N) is 2. The Bertz CT molecular complexity index is 1270. The number of pyridine rings is 2. The highest BCUT2D eigenvalue weighted by Gasteiger charge is 2.07. The van der Waals surface area contributed by atoms with E-state index >= 15 is 0 Å². The molecule has 0 aliphatic carbocycles. The van der Waals surface area contributed by atoms with Gasteiger partial charge in [0, 0.05) is 21.5 Å². The Balaban J connectivity index is 1.95. The van der Waals surface area contributed by atoms with E-state index in [0.717, 1.165) is 32.8 Å². The molecule has 0 N–H and O–H groups in total. The molecule has 0 unspecified atom stereocenters. The number of aromatic nitrogens is 2. The van der Waals surface area contributed by atoms with Crippen molar-refractivity contribution in [3.63, 3.8) is 0 Å². The van der Waals surface area contributed by atoms with Gasteiger partial charge in [-0.15, -0.1) is 0 Å². The zero-order valence-electron chi connectivity index (χ0n) is 13.7. The summed E-state index contributed by atoms with van der Waals surface area (Å²) >= 11 is 0. The fraction of sp³-hybridized carbons (Fsp3) is 0.0909. The third-order valence-corrected chi connectivity index (χ3v) is 4.68. The predicted molar refractivity (Wildman–Crippen MR) is 102 cm³/mol. The molecule has 114 valence electrons. The van der Waals surface area contributed by atoms with E-state index in [1.807, 2.05) is 0 Å². The minimum Gasteiger partial charge on any atom is -0.248 e. The van der Waals surface area contributed by atoms with Crippen molar-refractivity contribution < 1.29 is 0 Å². The summed E-state index contributed by atoms with van der Waals surface area (Å²) in [4.78, 5) is 9.76. The summed E-state index contributed by atoms with van der Waals surface area (Å²) in [6.45, 7) is 4.23. The number of hydrogen-bond acceptors (Lipinski definition) is 2. The highest BCUT2D eigenvalue weighted by molar-refractivity contribution is 6.10. The highest BCUT2D eigenvalue weighted by Crippen LogP contribution is 2.29. The van der Waals surface area contributed by atoms with Crippen LogP contribution in [0.1, 0.15) is 11.1 Å². The largest absolute Gasteiger partial charge is 0.248 e. The normalized spacial score (nSPS) is 11.8. The van der Waals surface area contributed by atoms with Gasteiger partial charge in [0.1, 0.15) is 0 Å². The lowest BCUT2D eigenvalue weighted by atomic mass is 10.0. The van der Waals surface area contributed by atoms with Crippen molar-refractivity contribution in [2.24, 2.45) is 0 Å². The average molecular weight is 308 g/mol. The summed E-state index contributed by atoms with van der Waals surface area (Å²) in [5.41, 5.74) is 6.59. The van der Waals surface area contributed by atoms with Crippen LogP contribution in [0, 0.1) is 13.8 Å². The monoisotopic (exact) mass is 308 g/mol. The molecule has 0 bridgehead atoms. The van der Waals surface area contributed by atoms with Gasteiger partial charge in [-0.2, -0.15) is 0 Å². The van der Waals surface area contributed by atoms with Gasteiger partial charge in [-0.1, -0.05) is 29.3 Å². The second kappa shape index (κ2) is 4.75. The van der Waals surface area contributed by atoms with Gasteiger partial charge in [-0.25, -0.2) is 9.97 Å². The molecule has 0 saturated heterocycles. The number of hydrogen-bond donors (Lipinski definition) is 0. The molecule has 0 saturated carbocycles. The molecule has 0 aliphatic rings. The minimum atomic E-state index is 0.998. The number of aryl methyl sites for hydroxylation is 2. The Kier molecular flexibility index (Phi) is 2.66. The Labute approximate surface area is 139 Å². The average Bonchev–Trinajstić information content (AvgIpc) is 2.58. The first-order chi connectivity index (χ1) is 11.7. The SMILES string of the molecule is Cc1ccc2nc3ccc4cc5cc(C)ccc5nc4c3cc2c1. The molecule has 5 rings (SSSR count). The second-order valence-electron chi connectivity index (χ2n) is 6.57. The van der Waals surface area contributed by atoms with Crippen molar-refractivity contribution in [2.45, 2.75) is 13.8 Å². The first-order valence-corrected chi connectivity index (χ1v) is 8.19. The van der Waals surface area contributed by atoms with Gasteiger partial charge >= 0.3 is 0 Å². The highest BCUT2D eigenvalue weighted by atomic mass is 14.7. The van der Waals surface area contributed by atoms with Crippen LogP contribution in [-0.2, 0) is 0 Å². The lowest BCUT2D eigenvalue weighted by Gasteiger charge is -2.08. The topological polar surface area (TPSA) is 25.8 Å². The molecule has 3 aromatic carbocycles. The second-order valence-corrected chi connectivity index (χ2v) is 6.57.